The lowest BCUT2D eigenvalue weighted by atomic mass is 10.1. The highest BCUT2D eigenvalue weighted by molar-refractivity contribution is 6.30. The van der Waals surface area contributed by atoms with Gasteiger partial charge in [-0.3, -0.25) is 4.79 Å². The molecule has 0 unspecified atom stereocenters. The van der Waals surface area contributed by atoms with E-state index in [0.29, 0.717) is 22.0 Å². The Balaban J connectivity index is 1.90. The number of methoxy groups -OCH3 is 1. The van der Waals surface area contributed by atoms with Crippen molar-refractivity contribution in [3.63, 3.8) is 0 Å². The van der Waals surface area contributed by atoms with Crippen LogP contribution in [0.2, 0.25) is 5.02 Å². The number of hydrogen-bond donors (Lipinski definition) is 1. The zero-order valence-corrected chi connectivity index (χ0v) is 14.6. The number of carboxylic acid groups (broad SMARTS) is 1. The monoisotopic (exact) mass is 370 g/mol. The number of carbonyl (C=O) groups is 2. The maximum atomic E-state index is 12.4. The number of hydrogen-bond acceptors (Lipinski definition) is 4. The van der Waals surface area contributed by atoms with E-state index >= 15 is 0 Å². The zero-order chi connectivity index (χ0) is 18.7. The molecule has 3 aromatic rings. The normalized spacial score (nSPS) is 10.5. The Bertz CT molecular complexity index is 947. The molecule has 2 aromatic carbocycles. The number of halogens is 1. The second-order valence-corrected chi connectivity index (χ2v) is 5.97. The summed E-state index contributed by atoms with van der Waals surface area (Å²) in [6, 6.07) is 14.9. The Morgan fingerprint density at radius 3 is 2.35 bits per heavy atom. The number of nitrogens with zero attached hydrogens (tertiary/aromatic N) is 2. The molecule has 3 rings (SSSR count). The molecule has 0 saturated carbocycles. The van der Waals surface area contributed by atoms with Crippen molar-refractivity contribution >= 4 is 23.4 Å². The Labute approximate surface area is 154 Å². The first-order valence-corrected chi connectivity index (χ1v) is 8.10. The molecule has 6 nitrogen and oxygen atoms in total. The highest BCUT2D eigenvalue weighted by atomic mass is 35.5. The predicted molar refractivity (Wildman–Crippen MR) is 97.0 cm³/mol. The molecule has 132 valence electrons. The van der Waals surface area contributed by atoms with E-state index in [4.69, 9.17) is 16.3 Å². The van der Waals surface area contributed by atoms with Gasteiger partial charge in [-0.15, -0.1) is 0 Å². The lowest BCUT2D eigenvalue weighted by Gasteiger charge is -2.04. The van der Waals surface area contributed by atoms with Crippen LogP contribution >= 0.6 is 11.6 Å². The summed E-state index contributed by atoms with van der Waals surface area (Å²) in [5.41, 5.74) is 1.57. The molecule has 0 amide bonds. The molecule has 26 heavy (non-hydrogen) atoms. The fraction of sp³-hybridized carbons (Fsp3) is 0.105. The molecule has 0 aliphatic carbocycles. The first-order chi connectivity index (χ1) is 12.5. The van der Waals surface area contributed by atoms with Crippen molar-refractivity contribution in [2.24, 2.45) is 0 Å². The van der Waals surface area contributed by atoms with Crippen molar-refractivity contribution in [2.45, 2.75) is 6.54 Å². The summed E-state index contributed by atoms with van der Waals surface area (Å²) in [6.45, 7) is -0.181. The number of aromatic nitrogens is 2. The van der Waals surface area contributed by atoms with Crippen LogP contribution in [0.4, 0.5) is 0 Å². The van der Waals surface area contributed by atoms with Crippen LogP contribution in [0.15, 0.2) is 54.6 Å². The summed E-state index contributed by atoms with van der Waals surface area (Å²) >= 11 is 5.82. The zero-order valence-electron chi connectivity index (χ0n) is 13.8. The molecule has 1 aromatic heterocycles. The van der Waals surface area contributed by atoms with E-state index in [1.54, 1.807) is 55.6 Å². The number of rotatable bonds is 6. The van der Waals surface area contributed by atoms with Gasteiger partial charge in [0.05, 0.1) is 12.8 Å². The number of carboxylic acids is 1. The number of carbonyl (C=O) groups excluding carboxylic acids is 1. The van der Waals surface area contributed by atoms with Gasteiger partial charge in [-0.25, -0.2) is 9.48 Å². The fourth-order valence-corrected chi connectivity index (χ4v) is 2.60. The van der Waals surface area contributed by atoms with Crippen molar-refractivity contribution in [1.82, 2.24) is 9.78 Å². The molecule has 0 aliphatic heterocycles. The lowest BCUT2D eigenvalue weighted by molar-refractivity contribution is 0.0683. The molecule has 0 bridgehead atoms. The molecule has 0 spiro atoms. The molecular weight excluding hydrogens is 356 g/mol. The molecule has 1 N–H and O–H groups in total. The number of aromatic carboxylic acids is 1. The number of ketones is 1. The van der Waals surface area contributed by atoms with E-state index in [-0.39, 0.29) is 18.0 Å². The van der Waals surface area contributed by atoms with Gasteiger partial charge >= 0.3 is 5.97 Å². The molecule has 1 heterocycles. The molecule has 0 fully saturated rings. The van der Waals surface area contributed by atoms with Crippen molar-refractivity contribution in [3.8, 4) is 17.0 Å². The largest absolute Gasteiger partial charge is 0.497 e. The summed E-state index contributed by atoms with van der Waals surface area (Å²) in [5, 5.41) is 14.2. The van der Waals surface area contributed by atoms with Crippen molar-refractivity contribution < 1.29 is 19.4 Å². The van der Waals surface area contributed by atoms with Crippen LogP contribution in [0.3, 0.4) is 0 Å². The minimum absolute atomic E-state index is 0.0573. The Kier molecular flexibility index (Phi) is 5.04. The summed E-state index contributed by atoms with van der Waals surface area (Å²) in [6.07, 6.45) is 0. The van der Waals surface area contributed by atoms with Gasteiger partial charge in [0.2, 0.25) is 0 Å². The highest BCUT2D eigenvalue weighted by Crippen LogP contribution is 2.22. The number of ether oxygens (including phenoxy) is 1. The number of benzene rings is 2. The average molecular weight is 371 g/mol. The van der Waals surface area contributed by atoms with Gasteiger partial charge in [0.25, 0.3) is 0 Å². The minimum atomic E-state index is -1.15. The van der Waals surface area contributed by atoms with Crippen molar-refractivity contribution in [1.29, 1.82) is 0 Å². The Morgan fingerprint density at radius 2 is 1.77 bits per heavy atom. The molecule has 0 aliphatic rings. The van der Waals surface area contributed by atoms with E-state index in [2.05, 4.69) is 5.10 Å². The highest BCUT2D eigenvalue weighted by Gasteiger charge is 2.18. The van der Waals surface area contributed by atoms with E-state index < -0.39 is 5.97 Å². The average Bonchev–Trinajstić information content (AvgIpc) is 3.06. The predicted octanol–water partition coefficient (Wildman–Crippen LogP) is 3.79. The van der Waals surface area contributed by atoms with Gasteiger partial charge in [-0.05, 0) is 54.6 Å². The molecule has 0 saturated heterocycles. The first kappa shape index (κ1) is 17.7. The van der Waals surface area contributed by atoms with Gasteiger partial charge in [0.1, 0.15) is 18.0 Å². The third-order valence-corrected chi connectivity index (χ3v) is 4.10. The first-order valence-electron chi connectivity index (χ1n) is 7.72. The second kappa shape index (κ2) is 7.41. The van der Waals surface area contributed by atoms with Crippen LogP contribution < -0.4 is 4.74 Å². The molecular formula is C19H15ClN2O4. The molecule has 7 heteroatoms. The second-order valence-electron chi connectivity index (χ2n) is 5.54. The van der Waals surface area contributed by atoms with Crippen LogP contribution in [0.25, 0.3) is 11.3 Å². The van der Waals surface area contributed by atoms with Crippen LogP contribution in [0.5, 0.6) is 5.75 Å². The van der Waals surface area contributed by atoms with E-state index in [9.17, 15) is 14.7 Å². The third kappa shape index (κ3) is 3.75. The SMILES string of the molecule is COc1ccc(-c2cc(C(=O)O)n(CC(=O)c3ccc(Cl)cc3)n2)cc1. The lowest BCUT2D eigenvalue weighted by Crippen LogP contribution is -2.16. The standard InChI is InChI=1S/C19H15ClN2O4/c1-26-15-8-4-12(5-9-15)16-10-17(19(24)25)22(21-16)11-18(23)13-2-6-14(20)7-3-13/h2-10H,11H2,1H3,(H,24,25). The minimum Gasteiger partial charge on any atom is -0.497 e. The Hall–Kier alpha value is -3.12. The fourth-order valence-electron chi connectivity index (χ4n) is 2.48. The third-order valence-electron chi connectivity index (χ3n) is 3.84. The van der Waals surface area contributed by atoms with Crippen molar-refractivity contribution in [2.75, 3.05) is 7.11 Å². The van der Waals surface area contributed by atoms with Crippen LogP contribution in [-0.4, -0.2) is 33.7 Å². The van der Waals surface area contributed by atoms with Gasteiger partial charge in [0.15, 0.2) is 5.78 Å². The van der Waals surface area contributed by atoms with Gasteiger partial charge < -0.3 is 9.84 Å². The van der Waals surface area contributed by atoms with Crippen LogP contribution in [0.1, 0.15) is 20.8 Å². The quantitative estimate of drug-likeness (QED) is 0.667. The summed E-state index contributed by atoms with van der Waals surface area (Å²) in [7, 11) is 1.56. The van der Waals surface area contributed by atoms with Gasteiger partial charge in [-0.2, -0.15) is 5.10 Å². The van der Waals surface area contributed by atoms with E-state index in [0.717, 1.165) is 5.56 Å². The van der Waals surface area contributed by atoms with E-state index in [1.165, 1.54) is 10.7 Å². The summed E-state index contributed by atoms with van der Waals surface area (Å²) in [4.78, 5) is 23.9. The van der Waals surface area contributed by atoms with Crippen LogP contribution in [-0.2, 0) is 6.54 Å². The maximum absolute atomic E-state index is 12.4. The number of Topliss-reactive ketones (excluding diaryl/α,β-unsaturated/α-hetero) is 1. The van der Waals surface area contributed by atoms with Gasteiger partial charge in [-0.1, -0.05) is 11.6 Å². The summed E-state index contributed by atoms with van der Waals surface area (Å²) < 4.78 is 6.30. The molecule has 0 atom stereocenters. The summed E-state index contributed by atoms with van der Waals surface area (Å²) in [5.74, 6) is -0.723. The Morgan fingerprint density at radius 1 is 1.12 bits per heavy atom. The molecule has 0 radical (unpaired) electrons. The topological polar surface area (TPSA) is 81.4 Å². The van der Waals surface area contributed by atoms with Crippen LogP contribution in [0, 0.1) is 0 Å². The maximum Gasteiger partial charge on any atom is 0.354 e. The smallest absolute Gasteiger partial charge is 0.354 e. The van der Waals surface area contributed by atoms with Gasteiger partial charge in [0, 0.05) is 16.1 Å². The van der Waals surface area contributed by atoms with E-state index in [1.807, 2.05) is 0 Å². The van der Waals surface area contributed by atoms with Crippen molar-refractivity contribution in [3.05, 3.63) is 70.9 Å².